The summed E-state index contributed by atoms with van der Waals surface area (Å²) in [6.07, 6.45) is -5.26. The lowest BCUT2D eigenvalue weighted by molar-refractivity contribution is -0.0440. The molecule has 44 heavy (non-hydrogen) atoms. The van der Waals surface area contributed by atoms with Crippen LogP contribution in [0.4, 0.5) is 16.0 Å². The minimum absolute atomic E-state index is 0.0305. The Morgan fingerprint density at radius 2 is 1.61 bits per heavy atom. The van der Waals surface area contributed by atoms with Crippen LogP contribution in [0.2, 0.25) is 0 Å². The van der Waals surface area contributed by atoms with Crippen molar-refractivity contribution >= 4 is 66.2 Å². The number of hydrogen-bond acceptors (Lipinski definition) is 17. The molecule has 20 nitrogen and oxygen atoms in total. The topological polar surface area (TPSA) is 272 Å². The van der Waals surface area contributed by atoms with Crippen molar-refractivity contribution in [2.75, 3.05) is 24.7 Å². The molecule has 0 aromatic carbocycles. The number of aliphatic hydroxyl groups excluding tert-OH is 1. The summed E-state index contributed by atoms with van der Waals surface area (Å²) in [6.45, 7) is -5.78. The summed E-state index contributed by atoms with van der Waals surface area (Å²) >= 11 is 5.17. The minimum atomic E-state index is -5.07. The highest BCUT2D eigenvalue weighted by Gasteiger charge is 2.52. The first-order valence-electron chi connectivity index (χ1n) is 12.5. The van der Waals surface area contributed by atoms with Crippen LogP contribution in [0.5, 0.6) is 0 Å². The van der Waals surface area contributed by atoms with Crippen molar-refractivity contribution in [3.63, 3.8) is 0 Å². The van der Waals surface area contributed by atoms with Gasteiger partial charge in [0.05, 0.1) is 19.5 Å². The van der Waals surface area contributed by atoms with Crippen molar-refractivity contribution in [1.82, 2.24) is 39.0 Å². The summed E-state index contributed by atoms with van der Waals surface area (Å²) in [6, 6.07) is 0. The van der Waals surface area contributed by atoms with E-state index >= 15 is 4.39 Å². The zero-order valence-electron chi connectivity index (χ0n) is 21.8. The van der Waals surface area contributed by atoms with Gasteiger partial charge >= 0.3 is 14.5 Å². The number of phosphoric ester groups is 1. The molecule has 3 aliphatic heterocycles. The molecule has 0 amide bonds. The number of rotatable bonds is 2. The predicted octanol–water partition coefficient (Wildman–Crippen LogP) is -0.282. The van der Waals surface area contributed by atoms with Gasteiger partial charge in [-0.05, 0) is 0 Å². The van der Waals surface area contributed by atoms with Crippen molar-refractivity contribution in [2.45, 2.75) is 36.8 Å². The van der Waals surface area contributed by atoms with Gasteiger partial charge in [-0.15, -0.1) is 0 Å². The number of fused-ring (bicyclic) bond motifs is 5. The molecule has 5 unspecified atom stereocenters. The van der Waals surface area contributed by atoms with Gasteiger partial charge in [0, 0.05) is 11.8 Å². The van der Waals surface area contributed by atoms with Crippen LogP contribution >= 0.6 is 14.5 Å². The maximum absolute atomic E-state index is 15.9. The SMILES string of the molecule is Nc1ncnc2c1ncn2C1=C2OP(O)(=S)OC[C@H]3O[C@@H](n4cnc5c(N)ncnc54)C(F)C3OP(=O)(O)OC[C@@H](O1)C2O. The molecule has 234 valence electrons. The third-order valence-corrected chi connectivity index (χ3v) is 9.30. The van der Waals surface area contributed by atoms with E-state index in [1.54, 1.807) is 0 Å². The minimum Gasteiger partial charge on any atom is -0.467 e. The summed E-state index contributed by atoms with van der Waals surface area (Å²) in [4.78, 5) is 45.6. The molecule has 0 aliphatic carbocycles. The average molecular weight is 674 g/mol. The first-order valence-corrected chi connectivity index (χ1v) is 16.6. The summed E-state index contributed by atoms with van der Waals surface area (Å²) < 4.78 is 64.3. The Hall–Kier alpha value is -3.43. The lowest BCUT2D eigenvalue weighted by atomic mass is 10.1. The number of aromatic nitrogens is 8. The Morgan fingerprint density at radius 3 is 2.36 bits per heavy atom. The lowest BCUT2D eigenvalue weighted by Crippen LogP contribution is -2.34. The van der Waals surface area contributed by atoms with E-state index in [-0.39, 0.29) is 39.8 Å². The number of nitrogens with two attached hydrogens (primary N) is 2. The number of aliphatic hydroxyl groups is 1. The van der Waals surface area contributed by atoms with Gasteiger partial charge < -0.3 is 40.4 Å². The van der Waals surface area contributed by atoms with E-state index < -0.39 is 70.3 Å². The summed E-state index contributed by atoms with van der Waals surface area (Å²) in [5.41, 5.74) is 12.3. The molecule has 2 saturated heterocycles. The van der Waals surface area contributed by atoms with Crippen LogP contribution in [0.3, 0.4) is 0 Å². The standard InChI is InChI=1S/C20H21FN10O10P2S/c21-9-13-8(39-19(9)30-5-28-10-15(22)24-3-26-17(10)30)2-37-43(35,44)41-14-12(32)7(1-36-42(33,34)40-13)38-20(14)31-6-29-11-16(23)25-4-27-18(11)31/h3-9,12-13,19,32H,1-2H2,(H,33,34)(H,35,44)(H2,22,24,26)(H2,23,25,27)/t7-,8-,9?,12?,13?,19-,43?/m1/s1. The summed E-state index contributed by atoms with van der Waals surface area (Å²) in [7, 11) is -5.07. The quantitative estimate of drug-likeness (QED) is 0.171. The number of nitrogens with zero attached hydrogens (tertiary/aromatic N) is 8. The largest absolute Gasteiger partial charge is 0.472 e. The number of halogens is 1. The first kappa shape index (κ1) is 29.3. The Balaban J connectivity index is 1.23. The van der Waals surface area contributed by atoms with Crippen molar-refractivity contribution in [1.29, 1.82) is 0 Å². The van der Waals surface area contributed by atoms with E-state index in [1.165, 1.54) is 21.8 Å². The molecule has 4 aromatic heterocycles. The molecule has 7 N–H and O–H groups in total. The molecule has 0 saturated carbocycles. The van der Waals surface area contributed by atoms with Gasteiger partial charge in [-0.2, -0.15) is 0 Å². The normalized spacial score (nSPS) is 34.6. The molecule has 2 fully saturated rings. The molecular formula is C20H21FN10O10P2S. The van der Waals surface area contributed by atoms with Crippen molar-refractivity contribution < 1.29 is 51.4 Å². The van der Waals surface area contributed by atoms with Crippen LogP contribution in [-0.4, -0.2) is 97.7 Å². The van der Waals surface area contributed by atoms with Crippen molar-refractivity contribution in [3.05, 3.63) is 31.1 Å². The number of imidazole rings is 2. The fraction of sp³-hybridized carbons (Fsp3) is 0.400. The second kappa shape index (κ2) is 10.6. The molecule has 4 aromatic rings. The van der Waals surface area contributed by atoms with E-state index in [0.717, 1.165) is 12.7 Å². The third kappa shape index (κ3) is 4.98. The molecule has 3 aliphatic rings. The zero-order chi connectivity index (χ0) is 31.0. The van der Waals surface area contributed by atoms with Crippen LogP contribution in [0.1, 0.15) is 6.23 Å². The zero-order valence-corrected chi connectivity index (χ0v) is 24.4. The number of nitrogen functional groups attached to an aromatic ring is 2. The van der Waals surface area contributed by atoms with Gasteiger partial charge in [0.1, 0.15) is 36.7 Å². The predicted molar refractivity (Wildman–Crippen MR) is 147 cm³/mol. The van der Waals surface area contributed by atoms with Gasteiger partial charge in [-0.1, -0.05) is 0 Å². The smallest absolute Gasteiger partial charge is 0.467 e. The average Bonchev–Trinajstić information content (AvgIpc) is 3.73. The van der Waals surface area contributed by atoms with E-state index in [1.807, 2.05) is 0 Å². The summed E-state index contributed by atoms with van der Waals surface area (Å²) in [5.74, 6) is -0.609. The fourth-order valence-electron chi connectivity index (χ4n) is 4.86. The number of ether oxygens (including phenoxy) is 2. The molecule has 24 heteroatoms. The molecule has 0 radical (unpaired) electrons. The molecule has 0 spiro atoms. The monoisotopic (exact) mass is 674 g/mol. The first-order chi connectivity index (χ1) is 20.9. The molecule has 8 atom stereocenters. The van der Waals surface area contributed by atoms with Gasteiger partial charge in [0.15, 0.2) is 58.8 Å². The summed E-state index contributed by atoms with van der Waals surface area (Å²) in [5, 5.41) is 11.0. The fourth-order valence-corrected chi connectivity index (χ4v) is 7.06. The number of alkyl halides is 1. The third-order valence-electron chi connectivity index (χ3n) is 6.88. The van der Waals surface area contributed by atoms with Crippen LogP contribution in [-0.2, 0) is 43.9 Å². The molecular weight excluding hydrogens is 653 g/mol. The van der Waals surface area contributed by atoms with Gasteiger partial charge in [0.25, 0.3) is 0 Å². The number of hydrogen-bond donors (Lipinski definition) is 5. The molecule has 7 heterocycles. The lowest BCUT2D eigenvalue weighted by Gasteiger charge is -2.24. The highest BCUT2D eigenvalue weighted by Crippen LogP contribution is 2.54. The maximum Gasteiger partial charge on any atom is 0.472 e. The Morgan fingerprint density at radius 1 is 0.955 bits per heavy atom. The highest BCUT2D eigenvalue weighted by molar-refractivity contribution is 8.07. The molecule has 2 bridgehead atoms. The van der Waals surface area contributed by atoms with Crippen LogP contribution in [0.25, 0.3) is 28.2 Å². The Labute approximate surface area is 249 Å². The van der Waals surface area contributed by atoms with Crippen LogP contribution in [0, 0.1) is 0 Å². The maximum atomic E-state index is 15.9. The Bertz CT molecular complexity index is 1910. The van der Waals surface area contributed by atoms with E-state index in [9.17, 15) is 19.5 Å². The highest BCUT2D eigenvalue weighted by atomic mass is 32.5. The van der Waals surface area contributed by atoms with E-state index in [0.29, 0.717) is 0 Å². The van der Waals surface area contributed by atoms with Crippen molar-refractivity contribution in [2.24, 2.45) is 0 Å². The Kier molecular flexibility index (Phi) is 7.05. The second-order valence-corrected chi connectivity index (χ2v) is 13.8. The van der Waals surface area contributed by atoms with Gasteiger partial charge in [0.2, 0.25) is 5.88 Å². The number of anilines is 2. The van der Waals surface area contributed by atoms with E-state index in [2.05, 4.69) is 29.9 Å². The number of phosphoric acid groups is 1. The van der Waals surface area contributed by atoms with Crippen LogP contribution in [0.15, 0.2) is 31.1 Å². The molecule has 7 rings (SSSR count). The van der Waals surface area contributed by atoms with Gasteiger partial charge in [-0.3, -0.25) is 18.1 Å². The van der Waals surface area contributed by atoms with Crippen molar-refractivity contribution in [3.8, 4) is 0 Å². The van der Waals surface area contributed by atoms with Gasteiger partial charge in [-0.25, -0.2) is 43.4 Å². The second-order valence-electron chi connectivity index (χ2n) is 9.60. The van der Waals surface area contributed by atoms with E-state index in [4.69, 9.17) is 50.8 Å². The van der Waals surface area contributed by atoms with Crippen LogP contribution < -0.4 is 11.5 Å².